The Bertz CT molecular complexity index is 432. The SMILES string of the molecule is COc1ccccc1NC(=O)C(=O)NC[C@H](C)O. The monoisotopic (exact) mass is 252 g/mol. The van der Waals surface area contributed by atoms with Gasteiger partial charge in [0.1, 0.15) is 5.75 Å². The first-order chi connectivity index (χ1) is 8.54. The lowest BCUT2D eigenvalue weighted by atomic mass is 10.3. The summed E-state index contributed by atoms with van der Waals surface area (Å²) in [6.45, 7) is 1.54. The molecule has 0 heterocycles. The van der Waals surface area contributed by atoms with Gasteiger partial charge >= 0.3 is 11.8 Å². The number of carbonyl (C=O) groups excluding carboxylic acids is 2. The molecular formula is C12H16N2O4. The fraction of sp³-hybridized carbons (Fsp3) is 0.333. The van der Waals surface area contributed by atoms with Crippen LogP contribution in [0.3, 0.4) is 0 Å². The van der Waals surface area contributed by atoms with Gasteiger partial charge in [0.25, 0.3) is 0 Å². The van der Waals surface area contributed by atoms with E-state index in [1.165, 1.54) is 14.0 Å². The molecule has 1 aromatic rings. The number of amides is 2. The highest BCUT2D eigenvalue weighted by atomic mass is 16.5. The second-order valence-electron chi connectivity index (χ2n) is 3.71. The number of nitrogens with one attached hydrogen (secondary N) is 2. The summed E-state index contributed by atoms with van der Waals surface area (Å²) in [6.07, 6.45) is -0.701. The number of para-hydroxylation sites is 2. The number of anilines is 1. The first kappa shape index (κ1) is 14.0. The van der Waals surface area contributed by atoms with Crippen molar-refractivity contribution >= 4 is 17.5 Å². The van der Waals surface area contributed by atoms with Gasteiger partial charge < -0.3 is 20.5 Å². The Kier molecular flexibility index (Phi) is 5.13. The van der Waals surface area contributed by atoms with Crippen LogP contribution in [-0.2, 0) is 9.59 Å². The van der Waals surface area contributed by atoms with Gasteiger partial charge in [0, 0.05) is 6.54 Å². The van der Waals surface area contributed by atoms with Gasteiger partial charge in [0.15, 0.2) is 0 Å². The van der Waals surface area contributed by atoms with Crippen LogP contribution in [0.1, 0.15) is 6.92 Å². The Hall–Kier alpha value is -2.08. The van der Waals surface area contributed by atoms with Crippen LogP contribution in [0, 0.1) is 0 Å². The molecule has 0 aromatic heterocycles. The molecule has 0 aliphatic heterocycles. The van der Waals surface area contributed by atoms with Gasteiger partial charge in [0.05, 0.1) is 18.9 Å². The van der Waals surface area contributed by atoms with Crippen LogP contribution in [0.15, 0.2) is 24.3 Å². The third kappa shape index (κ3) is 4.06. The molecule has 0 bridgehead atoms. The molecule has 0 aliphatic rings. The molecule has 2 amide bonds. The molecule has 98 valence electrons. The number of hydrogen-bond donors (Lipinski definition) is 3. The highest BCUT2D eigenvalue weighted by molar-refractivity contribution is 6.39. The topological polar surface area (TPSA) is 87.7 Å². The molecule has 0 saturated heterocycles. The van der Waals surface area contributed by atoms with Crippen molar-refractivity contribution in [3.63, 3.8) is 0 Å². The molecule has 1 rings (SSSR count). The molecule has 0 radical (unpaired) electrons. The fourth-order valence-electron chi connectivity index (χ4n) is 1.25. The zero-order valence-corrected chi connectivity index (χ0v) is 10.3. The minimum atomic E-state index is -0.805. The van der Waals surface area contributed by atoms with E-state index in [1.807, 2.05) is 0 Å². The van der Waals surface area contributed by atoms with Gasteiger partial charge in [-0.2, -0.15) is 0 Å². The minimum absolute atomic E-state index is 0.0260. The van der Waals surface area contributed by atoms with Gasteiger partial charge in [-0.1, -0.05) is 12.1 Å². The number of benzene rings is 1. The molecular weight excluding hydrogens is 236 g/mol. The van der Waals surface area contributed by atoms with Gasteiger partial charge in [-0.25, -0.2) is 0 Å². The first-order valence-electron chi connectivity index (χ1n) is 5.45. The van der Waals surface area contributed by atoms with E-state index in [9.17, 15) is 9.59 Å². The number of methoxy groups -OCH3 is 1. The number of aliphatic hydroxyl groups excluding tert-OH is 1. The Labute approximate surface area is 105 Å². The molecule has 3 N–H and O–H groups in total. The second-order valence-corrected chi connectivity index (χ2v) is 3.71. The number of ether oxygens (including phenoxy) is 1. The summed E-state index contributed by atoms with van der Waals surface area (Å²) in [4.78, 5) is 22.9. The van der Waals surface area contributed by atoms with Crippen LogP contribution in [0.2, 0.25) is 0 Å². The molecule has 18 heavy (non-hydrogen) atoms. The largest absolute Gasteiger partial charge is 0.495 e. The summed E-state index contributed by atoms with van der Waals surface area (Å²) in [5, 5.41) is 13.7. The van der Waals surface area contributed by atoms with E-state index in [0.717, 1.165) is 0 Å². The third-order valence-electron chi connectivity index (χ3n) is 2.12. The van der Waals surface area contributed by atoms with E-state index in [-0.39, 0.29) is 6.54 Å². The van der Waals surface area contributed by atoms with Gasteiger partial charge in [-0.05, 0) is 19.1 Å². The Morgan fingerprint density at radius 1 is 1.33 bits per heavy atom. The summed E-state index contributed by atoms with van der Waals surface area (Å²) in [5.41, 5.74) is 0.414. The predicted octanol–water partition coefficient (Wildman–Crippen LogP) is 0.131. The van der Waals surface area contributed by atoms with Gasteiger partial charge in [-0.15, -0.1) is 0 Å². The summed E-state index contributed by atoms with van der Waals surface area (Å²) in [6, 6.07) is 6.76. The Morgan fingerprint density at radius 3 is 2.61 bits per heavy atom. The first-order valence-corrected chi connectivity index (χ1v) is 5.45. The lowest BCUT2D eigenvalue weighted by molar-refractivity contribution is -0.136. The van der Waals surface area contributed by atoms with Gasteiger partial charge in [-0.3, -0.25) is 9.59 Å². The third-order valence-corrected chi connectivity index (χ3v) is 2.12. The van der Waals surface area contributed by atoms with Crippen molar-refractivity contribution in [3.8, 4) is 5.75 Å². The molecule has 0 spiro atoms. The lowest BCUT2D eigenvalue weighted by Gasteiger charge is -2.10. The van der Waals surface area contributed by atoms with E-state index < -0.39 is 17.9 Å². The zero-order chi connectivity index (χ0) is 13.5. The normalized spacial score (nSPS) is 11.5. The molecule has 1 atom stereocenters. The summed E-state index contributed by atoms with van der Waals surface area (Å²) >= 11 is 0. The van der Waals surface area contributed by atoms with Crippen LogP contribution in [-0.4, -0.2) is 36.7 Å². The average molecular weight is 252 g/mol. The maximum atomic E-state index is 11.5. The van der Waals surface area contributed by atoms with Gasteiger partial charge in [0.2, 0.25) is 0 Å². The Balaban J connectivity index is 2.61. The second kappa shape index (κ2) is 6.61. The number of hydrogen-bond acceptors (Lipinski definition) is 4. The Morgan fingerprint density at radius 2 is 2.00 bits per heavy atom. The van der Waals surface area contributed by atoms with E-state index in [1.54, 1.807) is 24.3 Å². The molecule has 0 unspecified atom stereocenters. The summed E-state index contributed by atoms with van der Waals surface area (Å²) < 4.78 is 5.04. The fourth-order valence-corrected chi connectivity index (χ4v) is 1.25. The molecule has 1 aromatic carbocycles. The number of carbonyl (C=O) groups is 2. The smallest absolute Gasteiger partial charge is 0.313 e. The quantitative estimate of drug-likeness (QED) is 0.665. The van der Waals surface area contributed by atoms with Crippen molar-refractivity contribution in [3.05, 3.63) is 24.3 Å². The zero-order valence-electron chi connectivity index (χ0n) is 10.3. The van der Waals surface area contributed by atoms with Crippen LogP contribution in [0.5, 0.6) is 5.75 Å². The van der Waals surface area contributed by atoms with E-state index >= 15 is 0 Å². The van der Waals surface area contributed by atoms with Crippen molar-refractivity contribution in [1.82, 2.24) is 5.32 Å². The molecule has 0 aliphatic carbocycles. The molecule has 0 fully saturated rings. The molecule has 6 heteroatoms. The van der Waals surface area contributed by atoms with E-state index in [0.29, 0.717) is 11.4 Å². The number of rotatable bonds is 4. The van der Waals surface area contributed by atoms with Crippen LogP contribution in [0.4, 0.5) is 5.69 Å². The van der Waals surface area contributed by atoms with E-state index in [2.05, 4.69) is 10.6 Å². The van der Waals surface area contributed by atoms with E-state index in [4.69, 9.17) is 9.84 Å². The minimum Gasteiger partial charge on any atom is -0.495 e. The number of aliphatic hydroxyl groups is 1. The molecule has 0 saturated carbocycles. The maximum absolute atomic E-state index is 11.5. The van der Waals surface area contributed by atoms with Crippen molar-refractivity contribution < 1.29 is 19.4 Å². The summed E-state index contributed by atoms with van der Waals surface area (Å²) in [5.74, 6) is -1.14. The van der Waals surface area contributed by atoms with Crippen molar-refractivity contribution in [2.24, 2.45) is 0 Å². The van der Waals surface area contributed by atoms with Crippen molar-refractivity contribution in [1.29, 1.82) is 0 Å². The van der Waals surface area contributed by atoms with Crippen molar-refractivity contribution in [2.75, 3.05) is 19.0 Å². The van der Waals surface area contributed by atoms with Crippen LogP contribution < -0.4 is 15.4 Å². The lowest BCUT2D eigenvalue weighted by Crippen LogP contribution is -2.38. The van der Waals surface area contributed by atoms with Crippen LogP contribution >= 0.6 is 0 Å². The van der Waals surface area contributed by atoms with Crippen molar-refractivity contribution in [2.45, 2.75) is 13.0 Å². The standard InChI is InChI=1S/C12H16N2O4/c1-8(15)7-13-11(16)12(17)14-9-5-3-4-6-10(9)18-2/h3-6,8,15H,7H2,1-2H3,(H,13,16)(H,14,17)/t8-/m0/s1. The van der Waals surface area contributed by atoms with Crippen LogP contribution in [0.25, 0.3) is 0 Å². The maximum Gasteiger partial charge on any atom is 0.313 e. The highest BCUT2D eigenvalue weighted by Gasteiger charge is 2.15. The summed E-state index contributed by atoms with van der Waals surface area (Å²) in [7, 11) is 1.47. The molecule has 6 nitrogen and oxygen atoms in total. The highest BCUT2D eigenvalue weighted by Crippen LogP contribution is 2.22. The predicted molar refractivity (Wildman–Crippen MR) is 66.3 cm³/mol. The average Bonchev–Trinajstić information content (AvgIpc) is 2.36.